The van der Waals surface area contributed by atoms with E-state index in [0.717, 1.165) is 44.8 Å². The molecule has 138 valence electrons. The quantitative estimate of drug-likeness (QED) is 0.487. The fourth-order valence-electron chi connectivity index (χ4n) is 3.59. The summed E-state index contributed by atoms with van der Waals surface area (Å²) in [6, 6.07) is 6.70. The number of benzene rings is 1. The van der Waals surface area contributed by atoms with E-state index >= 15 is 0 Å². The third-order valence-electron chi connectivity index (χ3n) is 5.15. The summed E-state index contributed by atoms with van der Waals surface area (Å²) in [4.78, 5) is 11.5. The van der Waals surface area contributed by atoms with E-state index in [0.29, 0.717) is 5.96 Å². The lowest BCUT2D eigenvalue weighted by molar-refractivity contribution is 0.330. The largest absolute Gasteiger partial charge is 0.370 e. The summed E-state index contributed by atoms with van der Waals surface area (Å²) in [6.07, 6.45) is 5.02. The number of guanidine groups is 1. The van der Waals surface area contributed by atoms with Crippen molar-refractivity contribution in [3.05, 3.63) is 30.1 Å². The van der Waals surface area contributed by atoms with Gasteiger partial charge in [0, 0.05) is 38.4 Å². The van der Waals surface area contributed by atoms with Crippen molar-refractivity contribution in [3.63, 3.8) is 0 Å². The molecule has 2 saturated heterocycles. The monoisotopic (exact) mass is 347 g/mol. The lowest BCUT2D eigenvalue weighted by atomic mass is 10.2. The van der Waals surface area contributed by atoms with Crippen LogP contribution in [-0.4, -0.2) is 68.1 Å². The maximum absolute atomic E-state index is 13.0. The Kier molecular flexibility index (Phi) is 6.50. The van der Waals surface area contributed by atoms with Gasteiger partial charge >= 0.3 is 0 Å². The summed E-state index contributed by atoms with van der Waals surface area (Å²) in [5, 5.41) is 0. The van der Waals surface area contributed by atoms with Crippen LogP contribution in [0.5, 0.6) is 0 Å². The van der Waals surface area contributed by atoms with Crippen LogP contribution < -0.4 is 10.6 Å². The van der Waals surface area contributed by atoms with Gasteiger partial charge in [-0.05, 0) is 69.6 Å². The first-order chi connectivity index (χ1) is 12.2. The van der Waals surface area contributed by atoms with Crippen molar-refractivity contribution in [1.29, 1.82) is 0 Å². The van der Waals surface area contributed by atoms with Crippen LogP contribution in [0.4, 0.5) is 10.1 Å². The van der Waals surface area contributed by atoms with Gasteiger partial charge < -0.3 is 20.4 Å². The number of aliphatic imine (C=N–C) groups is 1. The van der Waals surface area contributed by atoms with E-state index in [1.54, 1.807) is 0 Å². The average Bonchev–Trinajstić information content (AvgIpc) is 3.15. The van der Waals surface area contributed by atoms with Gasteiger partial charge in [-0.3, -0.25) is 4.99 Å². The number of halogens is 1. The summed E-state index contributed by atoms with van der Waals surface area (Å²) in [6.45, 7) is 8.05. The predicted molar refractivity (Wildman–Crippen MR) is 102 cm³/mol. The van der Waals surface area contributed by atoms with Crippen LogP contribution in [0.15, 0.2) is 29.3 Å². The smallest absolute Gasteiger partial charge is 0.191 e. The molecule has 2 heterocycles. The van der Waals surface area contributed by atoms with E-state index in [2.05, 4.69) is 19.7 Å². The molecule has 3 rings (SSSR count). The fraction of sp³-hybridized carbons (Fsp3) is 0.632. The zero-order chi connectivity index (χ0) is 17.5. The van der Waals surface area contributed by atoms with Crippen LogP contribution in [0.2, 0.25) is 0 Å². The Morgan fingerprint density at radius 1 is 0.960 bits per heavy atom. The SMILES string of the molecule is NC(=NCCCCN1CCCC1)N1CCN(c2ccc(F)cc2)CC1. The minimum absolute atomic E-state index is 0.191. The number of unbranched alkanes of at least 4 members (excludes halogenated alkanes) is 1. The molecule has 2 aliphatic heterocycles. The number of hydrogen-bond acceptors (Lipinski definition) is 3. The van der Waals surface area contributed by atoms with E-state index in [4.69, 9.17) is 5.73 Å². The Balaban J connectivity index is 1.35. The Morgan fingerprint density at radius 2 is 1.64 bits per heavy atom. The van der Waals surface area contributed by atoms with Gasteiger partial charge in [-0.1, -0.05) is 0 Å². The number of likely N-dealkylation sites (tertiary alicyclic amines) is 1. The van der Waals surface area contributed by atoms with Crippen molar-refractivity contribution in [1.82, 2.24) is 9.80 Å². The van der Waals surface area contributed by atoms with Gasteiger partial charge in [0.2, 0.25) is 0 Å². The highest BCUT2D eigenvalue weighted by atomic mass is 19.1. The first kappa shape index (κ1) is 18.0. The summed E-state index contributed by atoms with van der Waals surface area (Å²) in [5.74, 6) is 0.475. The molecule has 0 aliphatic carbocycles. The molecule has 1 aromatic rings. The summed E-state index contributed by atoms with van der Waals surface area (Å²) in [5.41, 5.74) is 7.22. The van der Waals surface area contributed by atoms with Crippen molar-refractivity contribution in [3.8, 4) is 0 Å². The molecule has 5 nitrogen and oxygen atoms in total. The zero-order valence-corrected chi connectivity index (χ0v) is 15.0. The Bertz CT molecular complexity index is 545. The molecular formula is C19H30FN5. The molecule has 2 aliphatic rings. The molecule has 2 N–H and O–H groups in total. The van der Waals surface area contributed by atoms with E-state index < -0.39 is 0 Å². The molecule has 25 heavy (non-hydrogen) atoms. The van der Waals surface area contributed by atoms with Crippen molar-refractivity contribution >= 4 is 11.6 Å². The number of anilines is 1. The maximum Gasteiger partial charge on any atom is 0.191 e. The maximum atomic E-state index is 13.0. The Labute approximate surface area is 150 Å². The summed E-state index contributed by atoms with van der Waals surface area (Å²) >= 11 is 0. The first-order valence-electron chi connectivity index (χ1n) is 9.50. The van der Waals surface area contributed by atoms with Gasteiger partial charge in [0.05, 0.1) is 0 Å². The normalized spacial score (nSPS) is 19.6. The minimum atomic E-state index is -0.191. The number of nitrogens with zero attached hydrogens (tertiary/aromatic N) is 4. The van der Waals surface area contributed by atoms with E-state index in [1.165, 1.54) is 51.0 Å². The van der Waals surface area contributed by atoms with Gasteiger partial charge in [0.1, 0.15) is 5.82 Å². The van der Waals surface area contributed by atoms with Crippen LogP contribution >= 0.6 is 0 Å². The summed E-state index contributed by atoms with van der Waals surface area (Å²) in [7, 11) is 0. The van der Waals surface area contributed by atoms with Gasteiger partial charge in [-0.15, -0.1) is 0 Å². The van der Waals surface area contributed by atoms with E-state index in [1.807, 2.05) is 12.1 Å². The number of hydrogen-bond donors (Lipinski definition) is 1. The highest BCUT2D eigenvalue weighted by Gasteiger charge is 2.18. The predicted octanol–water partition coefficient (Wildman–Crippen LogP) is 2.14. The first-order valence-corrected chi connectivity index (χ1v) is 9.50. The van der Waals surface area contributed by atoms with Crippen LogP contribution in [0, 0.1) is 5.82 Å². The minimum Gasteiger partial charge on any atom is -0.370 e. The van der Waals surface area contributed by atoms with Crippen molar-refractivity contribution in [2.45, 2.75) is 25.7 Å². The highest BCUT2D eigenvalue weighted by Crippen LogP contribution is 2.16. The van der Waals surface area contributed by atoms with Crippen LogP contribution in [0.3, 0.4) is 0 Å². The van der Waals surface area contributed by atoms with Crippen LogP contribution in [-0.2, 0) is 0 Å². The average molecular weight is 347 g/mol. The third-order valence-corrected chi connectivity index (χ3v) is 5.15. The molecule has 0 aromatic heterocycles. The molecular weight excluding hydrogens is 317 g/mol. The topological polar surface area (TPSA) is 48.1 Å². The highest BCUT2D eigenvalue weighted by molar-refractivity contribution is 5.78. The third kappa shape index (κ3) is 5.33. The fourth-order valence-corrected chi connectivity index (χ4v) is 3.59. The molecule has 0 amide bonds. The second kappa shape index (κ2) is 9.04. The van der Waals surface area contributed by atoms with E-state index in [-0.39, 0.29) is 5.82 Å². The van der Waals surface area contributed by atoms with Gasteiger partial charge in [-0.2, -0.15) is 0 Å². The lowest BCUT2D eigenvalue weighted by Gasteiger charge is -2.36. The zero-order valence-electron chi connectivity index (χ0n) is 15.0. The van der Waals surface area contributed by atoms with Crippen molar-refractivity contribution in [2.24, 2.45) is 10.7 Å². The number of piperazine rings is 1. The van der Waals surface area contributed by atoms with Gasteiger partial charge in [0.15, 0.2) is 5.96 Å². The van der Waals surface area contributed by atoms with Gasteiger partial charge in [-0.25, -0.2) is 4.39 Å². The molecule has 0 atom stereocenters. The molecule has 1 aromatic carbocycles. The molecule has 2 fully saturated rings. The van der Waals surface area contributed by atoms with Gasteiger partial charge in [0.25, 0.3) is 0 Å². The number of rotatable bonds is 6. The Morgan fingerprint density at radius 3 is 2.32 bits per heavy atom. The summed E-state index contributed by atoms with van der Waals surface area (Å²) < 4.78 is 13.0. The van der Waals surface area contributed by atoms with Crippen molar-refractivity contribution < 1.29 is 4.39 Å². The Hall–Kier alpha value is -1.82. The lowest BCUT2D eigenvalue weighted by Crippen LogP contribution is -2.51. The standard InChI is InChI=1S/C19H30FN5/c20-17-5-7-18(8-6-17)24-13-15-25(16-14-24)19(21)22-9-1-2-10-23-11-3-4-12-23/h5-8H,1-4,9-16H2,(H2,21,22). The number of nitrogens with two attached hydrogens (primary N) is 1. The molecule has 0 radical (unpaired) electrons. The van der Waals surface area contributed by atoms with Crippen LogP contribution in [0.25, 0.3) is 0 Å². The second-order valence-electron chi connectivity index (χ2n) is 6.95. The molecule has 0 spiro atoms. The van der Waals surface area contributed by atoms with Crippen LogP contribution in [0.1, 0.15) is 25.7 Å². The molecule has 0 saturated carbocycles. The van der Waals surface area contributed by atoms with Crippen molar-refractivity contribution in [2.75, 3.05) is 57.3 Å². The molecule has 0 bridgehead atoms. The van der Waals surface area contributed by atoms with E-state index in [9.17, 15) is 4.39 Å². The molecule has 6 heteroatoms. The molecule has 0 unspecified atom stereocenters. The second-order valence-corrected chi connectivity index (χ2v) is 6.95.